The van der Waals surface area contributed by atoms with Crippen molar-refractivity contribution in [2.45, 2.75) is 13.2 Å². The summed E-state index contributed by atoms with van der Waals surface area (Å²) in [4.78, 5) is 38.4. The second kappa shape index (κ2) is 7.90. The average Bonchev–Trinajstić information content (AvgIpc) is 3.02. The van der Waals surface area contributed by atoms with Crippen LogP contribution in [0, 0.1) is 6.92 Å². The van der Waals surface area contributed by atoms with Crippen LogP contribution in [0.3, 0.4) is 0 Å². The molecule has 0 radical (unpaired) electrons. The molecule has 1 aliphatic heterocycles. The molecule has 0 bridgehead atoms. The highest BCUT2D eigenvalue weighted by molar-refractivity contribution is 6.34. The van der Waals surface area contributed by atoms with Crippen molar-refractivity contribution in [1.29, 1.82) is 0 Å². The van der Waals surface area contributed by atoms with Crippen molar-refractivity contribution in [1.82, 2.24) is 10.9 Å². The van der Waals surface area contributed by atoms with Crippen LogP contribution in [-0.4, -0.2) is 22.8 Å². The van der Waals surface area contributed by atoms with Gasteiger partial charge in [-0.05, 0) is 48.9 Å². The maximum absolute atomic E-state index is 12.6. The number of hydrazine groups is 1. The summed E-state index contributed by atoms with van der Waals surface area (Å²) in [6.07, 6.45) is -1.17. The molecular formula is C23H19N3O4. The number of imide groups is 1. The number of aryl methyl sites for hydroxylation is 1. The van der Waals surface area contributed by atoms with Crippen LogP contribution in [0.1, 0.15) is 48.4 Å². The van der Waals surface area contributed by atoms with Gasteiger partial charge in [-0.2, -0.15) is 0 Å². The summed E-state index contributed by atoms with van der Waals surface area (Å²) in [5.41, 5.74) is 8.02. The van der Waals surface area contributed by atoms with E-state index < -0.39 is 6.23 Å². The Bertz CT molecular complexity index is 1110. The van der Waals surface area contributed by atoms with Gasteiger partial charge in [-0.25, -0.2) is 10.3 Å². The number of hydrogen-bond donors (Lipinski definition) is 3. The second-order valence-corrected chi connectivity index (χ2v) is 6.95. The number of carbonyl (C=O) groups excluding carboxylic acids is 3. The molecule has 30 heavy (non-hydrogen) atoms. The number of nitrogens with zero attached hydrogens (tertiary/aromatic N) is 1. The Balaban J connectivity index is 1.43. The first-order valence-electron chi connectivity index (χ1n) is 9.34. The van der Waals surface area contributed by atoms with E-state index in [4.69, 9.17) is 0 Å². The molecule has 3 amide bonds. The van der Waals surface area contributed by atoms with Crippen LogP contribution in [0.2, 0.25) is 0 Å². The maximum Gasteiger partial charge on any atom is 0.266 e. The van der Waals surface area contributed by atoms with E-state index >= 15 is 0 Å². The van der Waals surface area contributed by atoms with Gasteiger partial charge in [0.1, 0.15) is 6.23 Å². The number of benzene rings is 3. The monoisotopic (exact) mass is 401 g/mol. The molecule has 1 unspecified atom stereocenters. The molecule has 3 aromatic rings. The lowest BCUT2D eigenvalue weighted by molar-refractivity contribution is 0.0803. The molecule has 0 spiro atoms. The molecule has 0 saturated carbocycles. The smallest absolute Gasteiger partial charge is 0.266 e. The molecule has 7 heteroatoms. The van der Waals surface area contributed by atoms with Gasteiger partial charge < -0.3 is 5.11 Å². The lowest BCUT2D eigenvalue weighted by Gasteiger charge is -2.17. The van der Waals surface area contributed by atoms with E-state index in [1.807, 2.05) is 13.0 Å². The minimum Gasteiger partial charge on any atom is -0.373 e. The average molecular weight is 401 g/mol. The van der Waals surface area contributed by atoms with Crippen LogP contribution < -0.4 is 15.8 Å². The van der Waals surface area contributed by atoms with Gasteiger partial charge >= 0.3 is 0 Å². The third-order valence-corrected chi connectivity index (χ3v) is 4.86. The fourth-order valence-electron chi connectivity index (χ4n) is 3.31. The summed E-state index contributed by atoms with van der Waals surface area (Å²) in [6.45, 7) is 1.88. The van der Waals surface area contributed by atoms with E-state index in [0.717, 1.165) is 10.5 Å². The van der Waals surface area contributed by atoms with Gasteiger partial charge in [0.05, 0.1) is 16.8 Å². The molecule has 3 N–H and O–H groups in total. The van der Waals surface area contributed by atoms with Crippen molar-refractivity contribution in [3.8, 4) is 0 Å². The molecule has 1 heterocycles. The third kappa shape index (κ3) is 3.59. The zero-order valence-corrected chi connectivity index (χ0v) is 16.1. The molecule has 3 aromatic carbocycles. The summed E-state index contributed by atoms with van der Waals surface area (Å²) >= 11 is 0. The standard InChI is InChI=1S/C23H19N3O4/c1-14-5-4-6-16(13-14)21(28)25-24-20(27)15-9-11-17(12-10-15)26-22(29)18-7-2-3-8-19(18)23(26)30/h2-13,20,24,27H,1H3,(H,25,28). The summed E-state index contributed by atoms with van der Waals surface area (Å²) < 4.78 is 0. The first-order chi connectivity index (χ1) is 14.5. The topological polar surface area (TPSA) is 98.7 Å². The number of anilines is 1. The lowest BCUT2D eigenvalue weighted by Crippen LogP contribution is -2.40. The van der Waals surface area contributed by atoms with Crippen molar-refractivity contribution in [3.63, 3.8) is 0 Å². The zero-order chi connectivity index (χ0) is 21.3. The summed E-state index contributed by atoms with van der Waals surface area (Å²) in [5, 5.41) is 10.3. The van der Waals surface area contributed by atoms with E-state index in [9.17, 15) is 19.5 Å². The van der Waals surface area contributed by atoms with Crippen molar-refractivity contribution in [2.24, 2.45) is 0 Å². The normalized spacial score (nSPS) is 13.9. The Morgan fingerprint density at radius 3 is 2.13 bits per heavy atom. The van der Waals surface area contributed by atoms with Crippen LogP contribution in [0.5, 0.6) is 0 Å². The second-order valence-electron chi connectivity index (χ2n) is 6.95. The molecule has 4 rings (SSSR count). The van der Waals surface area contributed by atoms with E-state index in [1.54, 1.807) is 66.7 Å². The van der Waals surface area contributed by atoms with Gasteiger partial charge in [-0.15, -0.1) is 0 Å². The highest BCUT2D eigenvalue weighted by atomic mass is 16.3. The van der Waals surface area contributed by atoms with Gasteiger partial charge in [0, 0.05) is 5.56 Å². The highest BCUT2D eigenvalue weighted by Gasteiger charge is 2.36. The molecule has 7 nitrogen and oxygen atoms in total. The Morgan fingerprint density at radius 2 is 1.53 bits per heavy atom. The van der Waals surface area contributed by atoms with Gasteiger partial charge in [0.15, 0.2) is 0 Å². The quantitative estimate of drug-likeness (QED) is 0.347. The number of amides is 3. The predicted molar refractivity (Wildman–Crippen MR) is 111 cm³/mol. The number of carbonyl (C=O) groups is 3. The number of aliphatic hydroxyl groups is 1. The molecule has 0 aromatic heterocycles. The van der Waals surface area contributed by atoms with E-state index in [-0.39, 0.29) is 17.7 Å². The van der Waals surface area contributed by atoms with Crippen LogP contribution in [0.25, 0.3) is 0 Å². The van der Waals surface area contributed by atoms with Crippen LogP contribution >= 0.6 is 0 Å². The number of aliphatic hydroxyl groups excluding tert-OH is 1. The lowest BCUT2D eigenvalue weighted by atomic mass is 10.1. The molecule has 0 saturated heterocycles. The van der Waals surface area contributed by atoms with E-state index in [1.165, 1.54) is 0 Å². The summed E-state index contributed by atoms with van der Waals surface area (Å²) in [5.74, 6) is -1.14. The Kier molecular flexibility index (Phi) is 5.14. The first kappa shape index (κ1) is 19.5. The largest absolute Gasteiger partial charge is 0.373 e. The minimum absolute atomic E-state index is 0.368. The highest BCUT2D eigenvalue weighted by Crippen LogP contribution is 2.28. The number of hydrogen-bond acceptors (Lipinski definition) is 5. The Morgan fingerprint density at radius 1 is 0.900 bits per heavy atom. The van der Waals surface area contributed by atoms with Crippen molar-refractivity contribution < 1.29 is 19.5 Å². The SMILES string of the molecule is Cc1cccc(C(=O)NNC(O)c2ccc(N3C(=O)c4ccccc4C3=O)cc2)c1. The molecule has 0 fully saturated rings. The van der Waals surface area contributed by atoms with E-state index in [0.29, 0.717) is 27.9 Å². The minimum atomic E-state index is -1.17. The predicted octanol–water partition coefficient (Wildman–Crippen LogP) is 2.72. The van der Waals surface area contributed by atoms with Gasteiger partial charge in [-0.1, -0.05) is 42.0 Å². The van der Waals surface area contributed by atoms with E-state index in [2.05, 4.69) is 10.9 Å². The van der Waals surface area contributed by atoms with Gasteiger partial charge in [0.2, 0.25) is 0 Å². The fraction of sp³-hybridized carbons (Fsp3) is 0.0870. The Hall–Kier alpha value is -3.81. The summed E-state index contributed by atoms with van der Waals surface area (Å²) in [7, 11) is 0. The fourth-order valence-corrected chi connectivity index (χ4v) is 3.31. The molecular weight excluding hydrogens is 382 g/mol. The molecule has 1 atom stereocenters. The van der Waals surface area contributed by atoms with Crippen LogP contribution in [-0.2, 0) is 0 Å². The third-order valence-electron chi connectivity index (χ3n) is 4.86. The molecule has 1 aliphatic rings. The van der Waals surface area contributed by atoms with Crippen LogP contribution in [0.15, 0.2) is 72.8 Å². The Labute approximate surface area is 172 Å². The van der Waals surface area contributed by atoms with Crippen molar-refractivity contribution in [2.75, 3.05) is 4.90 Å². The van der Waals surface area contributed by atoms with Crippen molar-refractivity contribution in [3.05, 3.63) is 101 Å². The zero-order valence-electron chi connectivity index (χ0n) is 16.1. The van der Waals surface area contributed by atoms with Crippen molar-refractivity contribution >= 4 is 23.4 Å². The van der Waals surface area contributed by atoms with Crippen LogP contribution in [0.4, 0.5) is 5.69 Å². The molecule has 150 valence electrons. The number of nitrogens with one attached hydrogen (secondary N) is 2. The summed E-state index contributed by atoms with van der Waals surface area (Å²) in [6, 6.07) is 20.0. The van der Waals surface area contributed by atoms with Gasteiger partial charge in [0.25, 0.3) is 17.7 Å². The first-order valence-corrected chi connectivity index (χ1v) is 9.34. The maximum atomic E-state index is 12.6. The number of fused-ring (bicyclic) bond motifs is 1. The molecule has 0 aliphatic carbocycles. The van der Waals surface area contributed by atoms with Gasteiger partial charge in [-0.3, -0.25) is 19.8 Å². The number of rotatable bonds is 5.